The molecule has 3 aromatic rings. The fourth-order valence-corrected chi connectivity index (χ4v) is 13.1. The number of methoxy groups -OCH3 is 5. The third kappa shape index (κ3) is 17.6. The number of carbonyl (C=O) groups excluding carboxylic acids is 4. The normalized spacial score (nSPS) is 23.5. The van der Waals surface area contributed by atoms with Crippen LogP contribution in [0.5, 0.6) is 0 Å². The van der Waals surface area contributed by atoms with Crippen LogP contribution in [0.3, 0.4) is 0 Å². The van der Waals surface area contributed by atoms with E-state index in [9.17, 15) is 28.0 Å². The number of halogens is 2. The second-order valence-electron chi connectivity index (χ2n) is 20.5. The molecule has 3 aliphatic heterocycles. The third-order valence-electron chi connectivity index (χ3n) is 14.8. The molecule has 4 saturated carbocycles. The molecule has 0 N–H and O–H groups in total. The van der Waals surface area contributed by atoms with Crippen LogP contribution in [0.2, 0.25) is 0 Å². The third-order valence-corrected chi connectivity index (χ3v) is 17.0. The first kappa shape index (κ1) is 64.3. The number of ketones is 1. The fraction of sp³-hybridized carbons (Fsp3) is 0.621. The summed E-state index contributed by atoms with van der Waals surface area (Å²) in [6, 6.07) is 31.6. The lowest BCUT2D eigenvalue weighted by Crippen LogP contribution is -2.55. The van der Waals surface area contributed by atoms with Crippen molar-refractivity contribution in [3.63, 3.8) is 0 Å². The molecule has 0 aromatic heterocycles. The van der Waals surface area contributed by atoms with E-state index in [0.29, 0.717) is 64.8 Å². The van der Waals surface area contributed by atoms with Crippen molar-refractivity contribution in [3.8, 4) is 0 Å². The molecule has 80 heavy (non-hydrogen) atoms. The van der Waals surface area contributed by atoms with Crippen molar-refractivity contribution in [1.82, 2.24) is 24.5 Å². The number of urea groups is 2. The molecule has 0 radical (unpaired) electrons. The number of ether oxygens (including phenoxy) is 10. The van der Waals surface area contributed by atoms with Crippen LogP contribution in [0.25, 0.3) is 0 Å². The number of fused-ring (bicyclic) bond motifs is 1. The van der Waals surface area contributed by atoms with Gasteiger partial charge in [-0.25, -0.2) is 18.4 Å². The van der Waals surface area contributed by atoms with Crippen LogP contribution in [-0.2, 0) is 67.9 Å². The molecule has 3 saturated heterocycles. The lowest BCUT2D eigenvalue weighted by atomic mass is 9.49. The Morgan fingerprint density at radius 2 is 0.988 bits per heavy atom. The summed E-state index contributed by atoms with van der Waals surface area (Å²) in [6.07, 6.45) is 0.968. The number of carbonyl (C=O) groups is 4. The van der Waals surface area contributed by atoms with E-state index in [0.717, 1.165) is 59.2 Å². The lowest BCUT2D eigenvalue weighted by Gasteiger charge is -2.54. The minimum Gasteiger partial charge on any atom is -0.456 e. The zero-order chi connectivity index (χ0) is 57.5. The summed E-state index contributed by atoms with van der Waals surface area (Å²) in [6.45, 7) is 11.4. The Balaban J connectivity index is 0.000000172. The van der Waals surface area contributed by atoms with Gasteiger partial charge in [0.25, 0.3) is 5.92 Å². The van der Waals surface area contributed by atoms with Gasteiger partial charge < -0.3 is 47.4 Å². The average molecular weight is 1150 g/mol. The number of alkyl halides is 2. The first-order valence-electron chi connectivity index (χ1n) is 27.4. The number of hydrogen-bond acceptors (Lipinski definition) is 15. The zero-order valence-corrected chi connectivity index (χ0v) is 48.4. The minimum atomic E-state index is -3.03. The highest BCUT2D eigenvalue weighted by Crippen LogP contribution is 2.59. The van der Waals surface area contributed by atoms with E-state index < -0.39 is 35.7 Å². The second kappa shape index (κ2) is 32.7. The molecule has 19 nitrogen and oxygen atoms in total. The molecule has 3 unspecified atom stereocenters. The van der Waals surface area contributed by atoms with Crippen molar-refractivity contribution in [1.29, 1.82) is 0 Å². The molecule has 444 valence electrons. The summed E-state index contributed by atoms with van der Waals surface area (Å²) in [5.74, 6) is -2.99. The highest BCUT2D eigenvalue weighted by atomic mass is 32.2. The predicted molar refractivity (Wildman–Crippen MR) is 293 cm³/mol. The van der Waals surface area contributed by atoms with E-state index >= 15 is 0 Å². The van der Waals surface area contributed by atoms with Crippen molar-refractivity contribution >= 4 is 34.7 Å². The molecule has 4 aliphatic carbocycles. The highest BCUT2D eigenvalue weighted by molar-refractivity contribution is 7.97. The Labute approximate surface area is 473 Å². The van der Waals surface area contributed by atoms with Crippen molar-refractivity contribution in [3.05, 3.63) is 91.0 Å². The Morgan fingerprint density at radius 1 is 0.600 bits per heavy atom. The number of amides is 4. The standard InChI is InChI=1S/C18H15S.C15H20F2O3.C13H27NO5.C12H22N4O6/c1-4-10-16(11-5-1)19(17-12-6-2-7-13-17)18-14-8-3-9-15-18;1-8(14(2,16)17)20-13(19)15-5-9-3-10(6-15)12(18)11(4-9)7-15;1-15-8-9-18-12-13-19-11-10-17-7-4-14-2-5-16-6-3-14;1-19-5-13-9-10(15(7-21-3)11(13)17)16(8-22-4)12(18)14(9)6-20-2/h1-15H;8-11H,3-7H2,1-2H3;2-13H2,1H3;9-10H,5-8H2,1-4H3/q+1;;;. The Morgan fingerprint density at radius 3 is 1.36 bits per heavy atom. The predicted octanol–water partition coefficient (Wildman–Crippen LogP) is 7.29. The second-order valence-corrected chi connectivity index (χ2v) is 22.5. The molecule has 4 bridgehead atoms. The number of hydrogen-bond donors (Lipinski definition) is 0. The highest BCUT2D eigenvalue weighted by Gasteiger charge is 2.61. The van der Waals surface area contributed by atoms with Crippen LogP contribution in [0.4, 0.5) is 18.4 Å². The van der Waals surface area contributed by atoms with Crippen LogP contribution < -0.4 is 0 Å². The number of esters is 1. The van der Waals surface area contributed by atoms with E-state index in [1.54, 1.807) is 7.11 Å². The van der Waals surface area contributed by atoms with Gasteiger partial charge in [0.15, 0.2) is 33.1 Å². The molecule has 3 atom stereocenters. The number of Topliss-reactive ketones (excluding diaryl/α,β-unsaturated/α-hetero) is 1. The molecule has 0 spiro atoms. The smallest absolute Gasteiger partial charge is 0.327 e. The maximum atomic E-state index is 13.2. The maximum Gasteiger partial charge on any atom is 0.327 e. The molecule has 22 heteroatoms. The van der Waals surface area contributed by atoms with Crippen LogP contribution in [0, 0.1) is 23.2 Å². The fourth-order valence-electron chi connectivity index (χ4n) is 11.0. The molecule has 3 heterocycles. The summed E-state index contributed by atoms with van der Waals surface area (Å²) in [7, 11) is 7.61. The van der Waals surface area contributed by atoms with Crippen LogP contribution >= 0.6 is 0 Å². The first-order chi connectivity index (χ1) is 38.7. The summed E-state index contributed by atoms with van der Waals surface area (Å²) in [5.41, 5.74) is -0.677. The molecule has 10 rings (SSSR count). The van der Waals surface area contributed by atoms with Gasteiger partial charge in [-0.05, 0) is 81.3 Å². The van der Waals surface area contributed by atoms with Gasteiger partial charge in [-0.15, -0.1) is 0 Å². The van der Waals surface area contributed by atoms with Gasteiger partial charge >= 0.3 is 18.0 Å². The molecule has 7 aliphatic rings. The van der Waals surface area contributed by atoms with Crippen molar-refractivity contribution in [2.45, 2.75) is 85.0 Å². The topological polar surface area (TPSA) is 177 Å². The lowest BCUT2D eigenvalue weighted by molar-refractivity contribution is -0.192. The van der Waals surface area contributed by atoms with E-state index in [1.165, 1.54) is 69.6 Å². The van der Waals surface area contributed by atoms with E-state index in [2.05, 4.69) is 95.9 Å². The van der Waals surface area contributed by atoms with Crippen molar-refractivity contribution in [2.24, 2.45) is 23.2 Å². The molecule has 4 amide bonds. The summed E-state index contributed by atoms with van der Waals surface area (Å²) >= 11 is 0. The minimum absolute atomic E-state index is 0.0146. The Hall–Kier alpha value is -4.85. The van der Waals surface area contributed by atoms with Crippen LogP contribution in [-0.4, -0.2) is 214 Å². The Kier molecular flexibility index (Phi) is 26.3. The largest absolute Gasteiger partial charge is 0.456 e. The zero-order valence-electron chi connectivity index (χ0n) is 47.6. The quantitative estimate of drug-likeness (QED) is 0.0445. The van der Waals surface area contributed by atoms with E-state index in [1.807, 2.05) is 0 Å². The van der Waals surface area contributed by atoms with Crippen LogP contribution in [0.15, 0.2) is 106 Å². The first-order valence-corrected chi connectivity index (χ1v) is 28.6. The van der Waals surface area contributed by atoms with Gasteiger partial charge in [0.2, 0.25) is 0 Å². The van der Waals surface area contributed by atoms with Crippen molar-refractivity contribution in [2.75, 3.05) is 142 Å². The molecule has 3 aromatic carbocycles. The molecule has 7 fully saturated rings. The van der Waals surface area contributed by atoms with Gasteiger partial charge in [-0.3, -0.25) is 34.1 Å². The SMILES string of the molecule is CC(OC(=O)C12CC3CC(C1)C(=O)C(C3)C2)C(C)(F)F.COCCOCCOCCOCCN1CCOCC1.COCN1C(=O)N(COC)C2C1N(COC)C(=O)N2COC.c1ccc([S+](c2ccccc2)c2ccccc2)cc1. The van der Waals surface area contributed by atoms with Gasteiger partial charge in [0.05, 0.1) is 75.8 Å². The maximum absolute atomic E-state index is 13.2. The average Bonchev–Trinajstić information content (AvgIpc) is 3.90. The summed E-state index contributed by atoms with van der Waals surface area (Å²) in [5, 5.41) is 0. The number of benzene rings is 3. The van der Waals surface area contributed by atoms with Gasteiger partial charge in [-0.2, -0.15) is 0 Å². The number of nitrogens with zero attached hydrogens (tertiary/aromatic N) is 5. The van der Waals surface area contributed by atoms with Gasteiger partial charge in [0.1, 0.15) is 32.7 Å². The van der Waals surface area contributed by atoms with Gasteiger partial charge in [-0.1, -0.05) is 54.6 Å². The monoisotopic (exact) mass is 1140 g/mol. The number of morpholine rings is 1. The summed E-state index contributed by atoms with van der Waals surface area (Å²) in [4.78, 5) is 61.9. The Bertz CT molecular complexity index is 2130. The van der Waals surface area contributed by atoms with Gasteiger partial charge in [0, 0.05) is 73.9 Å². The molecular weight excluding hydrogens is 1060 g/mol. The van der Waals surface area contributed by atoms with Crippen molar-refractivity contribution < 1.29 is 75.3 Å². The molecular formula is C58H84F2N5O14S+. The summed E-state index contributed by atoms with van der Waals surface area (Å²) < 4.78 is 78.1. The van der Waals surface area contributed by atoms with E-state index in [-0.39, 0.29) is 67.5 Å². The number of rotatable bonds is 26. The van der Waals surface area contributed by atoms with E-state index in [4.69, 9.17) is 47.4 Å². The van der Waals surface area contributed by atoms with Crippen LogP contribution in [0.1, 0.15) is 46.0 Å².